The van der Waals surface area contributed by atoms with Crippen LogP contribution >= 0.6 is 0 Å². The molecule has 3 rings (SSSR count). The van der Waals surface area contributed by atoms with Crippen molar-refractivity contribution >= 4 is 5.97 Å². The number of rotatable bonds is 1. The molecule has 0 unspecified atom stereocenters. The van der Waals surface area contributed by atoms with Crippen LogP contribution in [0.4, 0.5) is 0 Å². The van der Waals surface area contributed by atoms with Crippen LogP contribution < -0.4 is 5.32 Å². The number of piperidine rings is 1. The molecule has 0 amide bonds. The van der Waals surface area contributed by atoms with E-state index in [1.165, 1.54) is 25.7 Å². The van der Waals surface area contributed by atoms with Gasteiger partial charge in [-0.1, -0.05) is 12.8 Å². The van der Waals surface area contributed by atoms with Gasteiger partial charge < -0.3 is 10.4 Å². The molecule has 0 aromatic rings. The largest absolute Gasteiger partial charge is 0.480 e. The highest BCUT2D eigenvalue weighted by Gasteiger charge is 2.71. The van der Waals surface area contributed by atoms with Crippen LogP contribution in [0.5, 0.6) is 0 Å². The van der Waals surface area contributed by atoms with E-state index < -0.39 is 5.97 Å². The fraction of sp³-hybridized carbons (Fsp3) is 0.900. The molecule has 0 bridgehead atoms. The Kier molecular flexibility index (Phi) is 1.36. The molecule has 1 spiro atoms. The monoisotopic (exact) mass is 181 g/mol. The van der Waals surface area contributed by atoms with Crippen LogP contribution in [0.1, 0.15) is 25.7 Å². The lowest BCUT2D eigenvalue weighted by molar-refractivity contribution is -0.140. The predicted octanol–water partition coefficient (Wildman–Crippen LogP) is 0.849. The summed E-state index contributed by atoms with van der Waals surface area (Å²) in [5.41, 5.74) is 0.467. The lowest BCUT2D eigenvalue weighted by Gasteiger charge is -2.17. The van der Waals surface area contributed by atoms with Gasteiger partial charge in [0, 0.05) is 0 Å². The van der Waals surface area contributed by atoms with Crippen LogP contribution in [0.15, 0.2) is 0 Å². The molecule has 13 heavy (non-hydrogen) atoms. The summed E-state index contributed by atoms with van der Waals surface area (Å²) in [6.07, 6.45) is 5.21. The number of carboxylic acids is 1. The third kappa shape index (κ3) is 0.810. The zero-order valence-electron chi connectivity index (χ0n) is 7.62. The van der Waals surface area contributed by atoms with Crippen molar-refractivity contribution < 1.29 is 9.90 Å². The molecule has 2 aliphatic carbocycles. The normalized spacial score (nSPS) is 45.1. The zero-order chi connectivity index (χ0) is 9.05. The Morgan fingerprint density at radius 2 is 2.08 bits per heavy atom. The zero-order valence-corrected chi connectivity index (χ0v) is 7.62. The van der Waals surface area contributed by atoms with Gasteiger partial charge in [0.2, 0.25) is 0 Å². The summed E-state index contributed by atoms with van der Waals surface area (Å²) in [6, 6.07) is -0.233. The second kappa shape index (κ2) is 2.27. The third-order valence-electron chi connectivity index (χ3n) is 4.44. The summed E-state index contributed by atoms with van der Waals surface area (Å²) >= 11 is 0. The number of nitrogens with one attached hydrogen (secondary N) is 1. The Bertz CT molecular complexity index is 258. The molecular weight excluding hydrogens is 166 g/mol. The molecular formula is C10H15NO2. The van der Waals surface area contributed by atoms with Gasteiger partial charge in [0.05, 0.1) is 0 Å². The maximum absolute atomic E-state index is 10.9. The van der Waals surface area contributed by atoms with Crippen molar-refractivity contribution in [2.24, 2.45) is 17.3 Å². The molecule has 3 atom stereocenters. The van der Waals surface area contributed by atoms with Crippen LogP contribution in [-0.2, 0) is 4.79 Å². The molecule has 72 valence electrons. The SMILES string of the molecule is O=C(O)[C@H]1NC[C@H]2[C@@H]1C21CCCC1. The predicted molar refractivity (Wildman–Crippen MR) is 47.3 cm³/mol. The van der Waals surface area contributed by atoms with Crippen molar-refractivity contribution in [3.8, 4) is 0 Å². The number of hydrogen-bond acceptors (Lipinski definition) is 2. The summed E-state index contributed by atoms with van der Waals surface area (Å²) in [6.45, 7) is 0.946. The summed E-state index contributed by atoms with van der Waals surface area (Å²) in [7, 11) is 0. The highest BCUT2D eigenvalue weighted by Crippen LogP contribution is 2.70. The minimum absolute atomic E-state index is 0.233. The number of carboxylic acid groups (broad SMARTS) is 1. The molecule has 3 nitrogen and oxygen atoms in total. The van der Waals surface area contributed by atoms with E-state index in [9.17, 15) is 4.79 Å². The topological polar surface area (TPSA) is 49.3 Å². The van der Waals surface area contributed by atoms with Gasteiger partial charge in [0.15, 0.2) is 0 Å². The van der Waals surface area contributed by atoms with E-state index >= 15 is 0 Å². The Hall–Kier alpha value is -0.570. The van der Waals surface area contributed by atoms with E-state index in [0.717, 1.165) is 6.54 Å². The van der Waals surface area contributed by atoms with Gasteiger partial charge in [0.25, 0.3) is 0 Å². The Balaban J connectivity index is 1.82. The molecule has 3 aliphatic rings. The van der Waals surface area contributed by atoms with Gasteiger partial charge in [-0.05, 0) is 36.6 Å². The van der Waals surface area contributed by atoms with Gasteiger partial charge in [-0.15, -0.1) is 0 Å². The molecule has 1 aliphatic heterocycles. The lowest BCUT2D eigenvalue weighted by Crippen LogP contribution is -2.37. The van der Waals surface area contributed by atoms with E-state index in [2.05, 4.69) is 5.32 Å². The molecule has 0 radical (unpaired) electrons. The van der Waals surface area contributed by atoms with Crippen LogP contribution in [-0.4, -0.2) is 23.7 Å². The van der Waals surface area contributed by atoms with Crippen molar-refractivity contribution in [2.45, 2.75) is 31.7 Å². The Morgan fingerprint density at radius 1 is 1.38 bits per heavy atom. The quantitative estimate of drug-likeness (QED) is 0.630. The summed E-state index contributed by atoms with van der Waals surface area (Å²) in [5, 5.41) is 12.1. The van der Waals surface area contributed by atoms with Crippen LogP contribution in [0.3, 0.4) is 0 Å². The first-order valence-electron chi connectivity index (χ1n) is 5.22. The Labute approximate surface area is 77.5 Å². The molecule has 2 saturated carbocycles. The van der Waals surface area contributed by atoms with Gasteiger partial charge in [-0.2, -0.15) is 0 Å². The number of hydrogen-bond donors (Lipinski definition) is 2. The molecule has 3 heteroatoms. The van der Waals surface area contributed by atoms with Crippen LogP contribution in [0, 0.1) is 17.3 Å². The summed E-state index contributed by atoms with van der Waals surface area (Å²) in [5.74, 6) is 0.514. The Morgan fingerprint density at radius 3 is 2.69 bits per heavy atom. The second-order valence-electron chi connectivity index (χ2n) is 4.80. The van der Waals surface area contributed by atoms with Crippen LogP contribution in [0.25, 0.3) is 0 Å². The van der Waals surface area contributed by atoms with Crippen molar-refractivity contribution in [1.82, 2.24) is 5.32 Å². The van der Waals surface area contributed by atoms with E-state index in [0.29, 0.717) is 17.3 Å². The molecule has 2 N–H and O–H groups in total. The molecule has 0 aromatic carbocycles. The van der Waals surface area contributed by atoms with Crippen molar-refractivity contribution in [3.05, 3.63) is 0 Å². The van der Waals surface area contributed by atoms with Gasteiger partial charge in [0.1, 0.15) is 6.04 Å². The molecule has 1 heterocycles. The lowest BCUT2D eigenvalue weighted by atomic mass is 9.96. The fourth-order valence-electron chi connectivity index (χ4n) is 3.87. The van der Waals surface area contributed by atoms with E-state index in [-0.39, 0.29) is 6.04 Å². The molecule has 3 fully saturated rings. The molecule has 0 aromatic heterocycles. The first kappa shape index (κ1) is 7.80. The van der Waals surface area contributed by atoms with E-state index in [1.807, 2.05) is 0 Å². The third-order valence-corrected chi connectivity index (χ3v) is 4.44. The van der Waals surface area contributed by atoms with E-state index in [1.54, 1.807) is 0 Å². The number of fused-ring (bicyclic) bond motifs is 3. The first-order valence-corrected chi connectivity index (χ1v) is 5.22. The van der Waals surface area contributed by atoms with Gasteiger partial charge in [-0.3, -0.25) is 4.79 Å². The van der Waals surface area contributed by atoms with Gasteiger partial charge >= 0.3 is 5.97 Å². The maximum Gasteiger partial charge on any atom is 0.321 e. The average Bonchev–Trinajstić information content (AvgIpc) is 2.54. The summed E-state index contributed by atoms with van der Waals surface area (Å²) < 4.78 is 0. The van der Waals surface area contributed by atoms with Crippen molar-refractivity contribution in [2.75, 3.05) is 6.54 Å². The number of carbonyl (C=O) groups is 1. The number of aliphatic carboxylic acids is 1. The summed E-state index contributed by atoms with van der Waals surface area (Å²) in [4.78, 5) is 10.9. The van der Waals surface area contributed by atoms with Crippen molar-refractivity contribution in [1.29, 1.82) is 0 Å². The molecule has 1 saturated heterocycles. The van der Waals surface area contributed by atoms with Crippen molar-refractivity contribution in [3.63, 3.8) is 0 Å². The van der Waals surface area contributed by atoms with Crippen LogP contribution in [0.2, 0.25) is 0 Å². The van der Waals surface area contributed by atoms with E-state index in [4.69, 9.17) is 5.11 Å². The average molecular weight is 181 g/mol. The highest BCUT2D eigenvalue weighted by atomic mass is 16.4. The fourth-order valence-corrected chi connectivity index (χ4v) is 3.87. The maximum atomic E-state index is 10.9. The standard InChI is InChI=1S/C10H15NO2/c12-9(13)8-7-6(5-11-8)10(7)3-1-2-4-10/h6-8,11H,1-5H2,(H,12,13)/t6-,7-,8-/m0/s1. The minimum Gasteiger partial charge on any atom is -0.480 e. The highest BCUT2D eigenvalue weighted by molar-refractivity contribution is 5.75. The smallest absolute Gasteiger partial charge is 0.321 e. The second-order valence-corrected chi connectivity index (χ2v) is 4.80. The minimum atomic E-state index is -0.642. The first-order chi connectivity index (χ1) is 6.26. The van der Waals surface area contributed by atoms with Gasteiger partial charge in [-0.25, -0.2) is 0 Å².